The van der Waals surface area contributed by atoms with Gasteiger partial charge in [0.05, 0.1) is 0 Å². The summed E-state index contributed by atoms with van der Waals surface area (Å²) in [7, 11) is 0. The molecule has 0 aromatic rings. The predicted molar refractivity (Wildman–Crippen MR) is 44.7 cm³/mol. The molecule has 1 N–H and O–H groups in total. The van der Waals surface area contributed by atoms with Crippen molar-refractivity contribution < 1.29 is 13.2 Å². The van der Waals surface area contributed by atoms with E-state index < -0.39 is 6.30 Å². The molecule has 0 aromatic heterocycles. The molecule has 0 bridgehead atoms. The van der Waals surface area contributed by atoms with E-state index in [0.717, 1.165) is 0 Å². The average molecular weight is 191 g/mol. The summed E-state index contributed by atoms with van der Waals surface area (Å²) in [6, 6.07) is 0. The molecule has 0 saturated heterocycles. The highest BCUT2D eigenvalue weighted by Crippen LogP contribution is 2.23. The fraction of sp³-hybridized carbons (Fsp3) is 0.556. The third kappa shape index (κ3) is 3.13. The number of halogens is 3. The second-order valence-corrected chi connectivity index (χ2v) is 3.32. The normalized spacial score (nSPS) is 28.5. The second kappa shape index (κ2) is 3.44. The summed E-state index contributed by atoms with van der Waals surface area (Å²) < 4.78 is 35.6. The molecule has 0 saturated carbocycles. The van der Waals surface area contributed by atoms with E-state index >= 15 is 0 Å². The third-order valence-corrected chi connectivity index (χ3v) is 2.14. The van der Waals surface area contributed by atoms with E-state index in [1.807, 2.05) is 13.8 Å². The van der Waals surface area contributed by atoms with Crippen LogP contribution < -0.4 is 5.32 Å². The standard InChI is InChI=1S/C9H12F3N/c1-6-3-4-8(5-7(6)2)13-9(10,11)12/h3-7,13H,1-2H3. The van der Waals surface area contributed by atoms with Crippen LogP contribution in [0.15, 0.2) is 23.9 Å². The Labute approximate surface area is 75.3 Å². The lowest BCUT2D eigenvalue weighted by Crippen LogP contribution is -2.31. The Hall–Kier alpha value is -0.930. The highest BCUT2D eigenvalue weighted by atomic mass is 19.4. The summed E-state index contributed by atoms with van der Waals surface area (Å²) in [5.41, 5.74) is 0.137. The molecule has 2 atom stereocenters. The first kappa shape index (κ1) is 10.2. The molecule has 0 aliphatic heterocycles. The van der Waals surface area contributed by atoms with Gasteiger partial charge in [-0.05, 0) is 17.9 Å². The molecule has 1 nitrogen and oxygen atoms in total. The van der Waals surface area contributed by atoms with Gasteiger partial charge in [0, 0.05) is 5.70 Å². The molecule has 0 aromatic carbocycles. The molecule has 0 spiro atoms. The van der Waals surface area contributed by atoms with Gasteiger partial charge in [-0.1, -0.05) is 26.0 Å². The average Bonchev–Trinajstić information content (AvgIpc) is 1.94. The number of alkyl halides is 3. The monoisotopic (exact) mass is 191 g/mol. The van der Waals surface area contributed by atoms with E-state index in [2.05, 4.69) is 0 Å². The van der Waals surface area contributed by atoms with Gasteiger partial charge in [-0.2, -0.15) is 13.2 Å². The molecule has 1 rings (SSSR count). The summed E-state index contributed by atoms with van der Waals surface area (Å²) in [5.74, 6) is 0.452. The maximum absolute atomic E-state index is 11.9. The van der Waals surface area contributed by atoms with Crippen molar-refractivity contribution >= 4 is 0 Å². The maximum atomic E-state index is 11.9. The van der Waals surface area contributed by atoms with Crippen molar-refractivity contribution in [2.45, 2.75) is 20.1 Å². The lowest BCUT2D eigenvalue weighted by molar-refractivity contribution is -0.148. The van der Waals surface area contributed by atoms with Crippen LogP contribution in [0.2, 0.25) is 0 Å². The van der Waals surface area contributed by atoms with E-state index in [9.17, 15) is 13.2 Å². The van der Waals surface area contributed by atoms with E-state index in [1.165, 1.54) is 11.4 Å². The number of hydrogen-bond acceptors (Lipinski definition) is 1. The topological polar surface area (TPSA) is 12.0 Å². The quantitative estimate of drug-likeness (QED) is 0.628. The Balaban J connectivity index is 2.64. The summed E-state index contributed by atoms with van der Waals surface area (Å²) in [4.78, 5) is 0. The predicted octanol–water partition coefficient (Wildman–Crippen LogP) is 2.82. The SMILES string of the molecule is CC1C=CC(NC(F)(F)F)=CC1C. The van der Waals surface area contributed by atoms with Gasteiger partial charge in [-0.15, -0.1) is 0 Å². The van der Waals surface area contributed by atoms with Crippen molar-refractivity contribution in [3.63, 3.8) is 0 Å². The van der Waals surface area contributed by atoms with Crippen LogP contribution in [0.1, 0.15) is 13.8 Å². The van der Waals surface area contributed by atoms with Crippen LogP contribution in [0.5, 0.6) is 0 Å². The Morgan fingerprint density at radius 3 is 2.31 bits per heavy atom. The summed E-state index contributed by atoms with van der Waals surface area (Å²) in [6.45, 7) is 3.87. The molecule has 1 aliphatic carbocycles. The fourth-order valence-corrected chi connectivity index (χ4v) is 1.17. The molecule has 2 unspecified atom stereocenters. The second-order valence-electron chi connectivity index (χ2n) is 3.32. The van der Waals surface area contributed by atoms with Crippen LogP contribution in [0.4, 0.5) is 13.2 Å². The number of nitrogens with one attached hydrogen (secondary N) is 1. The van der Waals surface area contributed by atoms with Gasteiger partial charge in [0.15, 0.2) is 0 Å². The lowest BCUT2D eigenvalue weighted by atomic mass is 9.91. The molecule has 0 amide bonds. The van der Waals surface area contributed by atoms with Crippen LogP contribution in [0, 0.1) is 11.8 Å². The maximum Gasteiger partial charge on any atom is 0.482 e. The van der Waals surface area contributed by atoms with Crippen molar-refractivity contribution in [3.05, 3.63) is 23.9 Å². The van der Waals surface area contributed by atoms with Crippen LogP contribution in [-0.4, -0.2) is 6.30 Å². The van der Waals surface area contributed by atoms with Crippen LogP contribution in [0.25, 0.3) is 0 Å². The van der Waals surface area contributed by atoms with Crippen molar-refractivity contribution in [1.29, 1.82) is 0 Å². The van der Waals surface area contributed by atoms with Gasteiger partial charge in [0.2, 0.25) is 0 Å². The molecule has 74 valence electrons. The van der Waals surface area contributed by atoms with Gasteiger partial charge in [-0.25, -0.2) is 0 Å². The van der Waals surface area contributed by atoms with Crippen LogP contribution >= 0.6 is 0 Å². The molecule has 1 aliphatic rings. The number of allylic oxidation sites excluding steroid dienone is 3. The molecule has 0 fully saturated rings. The Bertz CT molecular complexity index is 240. The summed E-state index contributed by atoms with van der Waals surface area (Å²) >= 11 is 0. The Morgan fingerprint density at radius 2 is 1.85 bits per heavy atom. The minimum Gasteiger partial charge on any atom is -0.298 e. The van der Waals surface area contributed by atoms with E-state index in [1.54, 1.807) is 12.2 Å². The van der Waals surface area contributed by atoms with Gasteiger partial charge in [0.25, 0.3) is 0 Å². The first-order valence-corrected chi connectivity index (χ1v) is 4.13. The summed E-state index contributed by atoms with van der Waals surface area (Å²) in [6.07, 6.45) is 0.505. The third-order valence-electron chi connectivity index (χ3n) is 2.14. The lowest BCUT2D eigenvalue weighted by Gasteiger charge is -2.20. The first-order valence-electron chi connectivity index (χ1n) is 4.13. The molecule has 4 heteroatoms. The number of hydrogen-bond donors (Lipinski definition) is 1. The van der Waals surface area contributed by atoms with E-state index in [4.69, 9.17) is 0 Å². The zero-order valence-corrected chi connectivity index (χ0v) is 7.52. The molecular weight excluding hydrogens is 179 g/mol. The summed E-state index contributed by atoms with van der Waals surface area (Å²) in [5, 5.41) is 1.48. The van der Waals surface area contributed by atoms with Crippen LogP contribution in [0.3, 0.4) is 0 Å². The zero-order chi connectivity index (χ0) is 10.1. The fourth-order valence-electron chi connectivity index (χ4n) is 1.17. The van der Waals surface area contributed by atoms with E-state index in [0.29, 0.717) is 5.92 Å². The van der Waals surface area contributed by atoms with Crippen molar-refractivity contribution in [1.82, 2.24) is 5.32 Å². The van der Waals surface area contributed by atoms with Gasteiger partial charge < -0.3 is 0 Å². The molecule has 13 heavy (non-hydrogen) atoms. The van der Waals surface area contributed by atoms with Crippen molar-refractivity contribution in [3.8, 4) is 0 Å². The number of rotatable bonds is 1. The Morgan fingerprint density at radius 1 is 1.23 bits per heavy atom. The van der Waals surface area contributed by atoms with E-state index in [-0.39, 0.29) is 11.6 Å². The highest BCUT2D eigenvalue weighted by Gasteiger charge is 2.28. The Kier molecular flexibility index (Phi) is 2.68. The molecular formula is C9H12F3N. The van der Waals surface area contributed by atoms with Crippen molar-refractivity contribution in [2.75, 3.05) is 0 Å². The minimum atomic E-state index is -4.34. The van der Waals surface area contributed by atoms with Crippen molar-refractivity contribution in [2.24, 2.45) is 11.8 Å². The van der Waals surface area contributed by atoms with Crippen LogP contribution in [-0.2, 0) is 0 Å². The van der Waals surface area contributed by atoms with Gasteiger partial charge in [0.1, 0.15) is 0 Å². The smallest absolute Gasteiger partial charge is 0.298 e. The molecule has 0 radical (unpaired) electrons. The minimum absolute atomic E-state index is 0.137. The largest absolute Gasteiger partial charge is 0.482 e. The van der Waals surface area contributed by atoms with Gasteiger partial charge in [-0.3, -0.25) is 5.32 Å². The zero-order valence-electron chi connectivity index (χ0n) is 7.52. The van der Waals surface area contributed by atoms with Gasteiger partial charge >= 0.3 is 6.30 Å². The first-order chi connectivity index (χ1) is 5.88. The molecule has 0 heterocycles. The highest BCUT2D eigenvalue weighted by molar-refractivity contribution is 5.23.